The van der Waals surface area contributed by atoms with Crippen LogP contribution >= 0.6 is 0 Å². The Balaban J connectivity index is 1.26. The second kappa shape index (κ2) is 8.46. The van der Waals surface area contributed by atoms with E-state index in [9.17, 15) is 9.59 Å². The van der Waals surface area contributed by atoms with Gasteiger partial charge in [-0.15, -0.1) is 0 Å². The molecule has 5 heteroatoms. The minimum absolute atomic E-state index is 0.0708. The average molecular weight is 377 g/mol. The van der Waals surface area contributed by atoms with Crippen molar-refractivity contribution in [2.75, 3.05) is 44.2 Å². The molecule has 2 aromatic carbocycles. The lowest BCUT2D eigenvalue weighted by molar-refractivity contribution is -0.138. The van der Waals surface area contributed by atoms with Gasteiger partial charge in [-0.3, -0.25) is 9.59 Å². The number of nitrogens with zero attached hydrogens (tertiary/aromatic N) is 3. The zero-order valence-corrected chi connectivity index (χ0v) is 16.2. The first-order valence-corrected chi connectivity index (χ1v) is 10.1. The molecule has 0 aliphatic carbocycles. The molecule has 0 saturated carbocycles. The van der Waals surface area contributed by atoms with Crippen molar-refractivity contribution in [3.8, 4) is 0 Å². The third kappa shape index (κ3) is 4.35. The summed E-state index contributed by atoms with van der Waals surface area (Å²) in [4.78, 5) is 31.1. The fourth-order valence-electron chi connectivity index (χ4n) is 4.21. The van der Waals surface area contributed by atoms with Gasteiger partial charge in [-0.05, 0) is 30.0 Å². The van der Waals surface area contributed by atoms with Crippen molar-refractivity contribution in [2.24, 2.45) is 5.92 Å². The van der Waals surface area contributed by atoms with Gasteiger partial charge in [0.1, 0.15) is 0 Å². The number of hydrogen-bond donors (Lipinski definition) is 0. The molecule has 0 aromatic heterocycles. The van der Waals surface area contributed by atoms with Crippen LogP contribution in [0.25, 0.3) is 0 Å². The van der Waals surface area contributed by atoms with Gasteiger partial charge < -0.3 is 14.7 Å². The molecule has 5 nitrogen and oxygen atoms in total. The summed E-state index contributed by atoms with van der Waals surface area (Å²) in [7, 11) is 0. The molecule has 0 unspecified atom stereocenters. The molecule has 0 spiro atoms. The van der Waals surface area contributed by atoms with E-state index in [1.807, 2.05) is 41.3 Å². The summed E-state index contributed by atoms with van der Waals surface area (Å²) in [6.07, 6.45) is 1.44. The van der Waals surface area contributed by atoms with Gasteiger partial charge in [0.15, 0.2) is 0 Å². The molecular weight excluding hydrogens is 350 g/mol. The molecule has 2 aliphatic heterocycles. The predicted octanol–water partition coefficient (Wildman–Crippen LogP) is 2.43. The Morgan fingerprint density at radius 1 is 0.893 bits per heavy atom. The van der Waals surface area contributed by atoms with E-state index in [-0.39, 0.29) is 18.4 Å². The molecule has 0 bridgehead atoms. The number of carbonyl (C=O) groups is 2. The lowest BCUT2D eigenvalue weighted by Crippen LogP contribution is -2.51. The van der Waals surface area contributed by atoms with Crippen LogP contribution in [0, 0.1) is 5.92 Å². The Kier molecular flexibility index (Phi) is 5.60. The Labute approximate surface area is 166 Å². The first-order chi connectivity index (χ1) is 13.7. The van der Waals surface area contributed by atoms with Crippen LogP contribution in [0.2, 0.25) is 0 Å². The summed E-state index contributed by atoms with van der Waals surface area (Å²) in [6, 6.07) is 20.6. The molecule has 28 heavy (non-hydrogen) atoms. The van der Waals surface area contributed by atoms with Crippen molar-refractivity contribution in [2.45, 2.75) is 12.8 Å². The lowest BCUT2D eigenvalue weighted by atomic mass is 9.99. The van der Waals surface area contributed by atoms with Crippen molar-refractivity contribution < 1.29 is 9.59 Å². The Morgan fingerprint density at radius 3 is 2.21 bits per heavy atom. The molecule has 146 valence electrons. The molecule has 2 saturated heterocycles. The maximum atomic E-state index is 12.7. The summed E-state index contributed by atoms with van der Waals surface area (Å²) in [5, 5.41) is 0. The molecule has 2 fully saturated rings. The largest absolute Gasteiger partial charge is 0.368 e. The summed E-state index contributed by atoms with van der Waals surface area (Å²) in [5.74, 6) is 0.483. The summed E-state index contributed by atoms with van der Waals surface area (Å²) in [6.45, 7) is 3.99. The fourth-order valence-corrected chi connectivity index (χ4v) is 4.21. The Morgan fingerprint density at radius 2 is 1.54 bits per heavy atom. The van der Waals surface area contributed by atoms with Crippen LogP contribution in [0.3, 0.4) is 0 Å². The SMILES string of the molecule is O=C(CN1C[C@H](Cc2ccccc2)CC1=O)N1CCN(c2ccccc2)CC1. The van der Waals surface area contributed by atoms with E-state index in [2.05, 4.69) is 29.2 Å². The second-order valence-corrected chi connectivity index (χ2v) is 7.74. The molecular formula is C23H27N3O2. The molecule has 4 rings (SSSR count). The van der Waals surface area contributed by atoms with E-state index in [4.69, 9.17) is 0 Å². The Bertz CT molecular complexity index is 801. The van der Waals surface area contributed by atoms with Crippen LogP contribution in [0.4, 0.5) is 5.69 Å². The second-order valence-electron chi connectivity index (χ2n) is 7.74. The minimum Gasteiger partial charge on any atom is -0.368 e. The number of anilines is 1. The zero-order chi connectivity index (χ0) is 19.3. The molecule has 2 aliphatic rings. The van der Waals surface area contributed by atoms with Crippen LogP contribution in [-0.4, -0.2) is 60.9 Å². The van der Waals surface area contributed by atoms with Crippen LogP contribution in [0.15, 0.2) is 60.7 Å². The van der Waals surface area contributed by atoms with Gasteiger partial charge in [-0.25, -0.2) is 0 Å². The first-order valence-electron chi connectivity index (χ1n) is 10.1. The lowest BCUT2D eigenvalue weighted by Gasteiger charge is -2.36. The van der Waals surface area contributed by atoms with Gasteiger partial charge in [-0.1, -0.05) is 48.5 Å². The number of benzene rings is 2. The smallest absolute Gasteiger partial charge is 0.242 e. The number of hydrogen-bond acceptors (Lipinski definition) is 3. The predicted molar refractivity (Wildman–Crippen MR) is 110 cm³/mol. The highest BCUT2D eigenvalue weighted by atomic mass is 16.2. The van der Waals surface area contributed by atoms with E-state index in [1.165, 1.54) is 11.3 Å². The van der Waals surface area contributed by atoms with Crippen LogP contribution < -0.4 is 4.90 Å². The molecule has 0 radical (unpaired) electrons. The highest BCUT2D eigenvalue weighted by molar-refractivity contribution is 5.86. The molecule has 0 N–H and O–H groups in total. The summed E-state index contributed by atoms with van der Waals surface area (Å²) >= 11 is 0. The van der Waals surface area contributed by atoms with Crippen LogP contribution in [-0.2, 0) is 16.0 Å². The van der Waals surface area contributed by atoms with Gasteiger partial charge in [0.25, 0.3) is 0 Å². The standard InChI is InChI=1S/C23H27N3O2/c27-22-16-20(15-19-7-3-1-4-8-19)17-26(22)18-23(28)25-13-11-24(12-14-25)21-9-5-2-6-10-21/h1-10,20H,11-18H2/t20-/m1/s1. The van der Waals surface area contributed by atoms with Gasteiger partial charge in [-0.2, -0.15) is 0 Å². The van der Waals surface area contributed by atoms with Crippen molar-refractivity contribution in [1.82, 2.24) is 9.80 Å². The van der Waals surface area contributed by atoms with Gasteiger partial charge in [0.05, 0.1) is 6.54 Å². The molecule has 2 amide bonds. The van der Waals surface area contributed by atoms with E-state index < -0.39 is 0 Å². The number of amides is 2. The van der Waals surface area contributed by atoms with Gasteiger partial charge in [0, 0.05) is 44.8 Å². The number of likely N-dealkylation sites (tertiary alicyclic amines) is 1. The van der Waals surface area contributed by atoms with E-state index >= 15 is 0 Å². The van der Waals surface area contributed by atoms with Gasteiger partial charge in [0.2, 0.25) is 11.8 Å². The number of piperazine rings is 1. The maximum Gasteiger partial charge on any atom is 0.242 e. The number of carbonyl (C=O) groups excluding carboxylic acids is 2. The fraction of sp³-hybridized carbons (Fsp3) is 0.391. The van der Waals surface area contributed by atoms with Crippen molar-refractivity contribution in [3.63, 3.8) is 0 Å². The first kappa shape index (κ1) is 18.5. The van der Waals surface area contributed by atoms with Crippen LogP contribution in [0.1, 0.15) is 12.0 Å². The highest BCUT2D eigenvalue weighted by Crippen LogP contribution is 2.22. The van der Waals surface area contributed by atoms with Crippen LogP contribution in [0.5, 0.6) is 0 Å². The van der Waals surface area contributed by atoms with E-state index in [0.717, 1.165) is 19.5 Å². The zero-order valence-electron chi connectivity index (χ0n) is 16.2. The topological polar surface area (TPSA) is 43.9 Å². The quantitative estimate of drug-likeness (QED) is 0.804. The average Bonchev–Trinajstić information content (AvgIpc) is 3.08. The third-order valence-corrected chi connectivity index (χ3v) is 5.74. The normalized spacial score (nSPS) is 19.9. The highest BCUT2D eigenvalue weighted by Gasteiger charge is 2.32. The Hall–Kier alpha value is -2.82. The molecule has 2 aromatic rings. The van der Waals surface area contributed by atoms with E-state index in [0.29, 0.717) is 32.0 Å². The number of para-hydroxylation sites is 1. The van der Waals surface area contributed by atoms with Gasteiger partial charge >= 0.3 is 0 Å². The molecule has 1 atom stereocenters. The summed E-state index contributed by atoms with van der Waals surface area (Å²) in [5.41, 5.74) is 2.46. The van der Waals surface area contributed by atoms with Crippen molar-refractivity contribution >= 4 is 17.5 Å². The maximum absolute atomic E-state index is 12.7. The van der Waals surface area contributed by atoms with E-state index in [1.54, 1.807) is 4.90 Å². The summed E-state index contributed by atoms with van der Waals surface area (Å²) < 4.78 is 0. The molecule has 2 heterocycles. The monoisotopic (exact) mass is 377 g/mol. The third-order valence-electron chi connectivity index (χ3n) is 5.74. The minimum atomic E-state index is 0.0708. The number of rotatable bonds is 5. The van der Waals surface area contributed by atoms with Crippen molar-refractivity contribution in [3.05, 3.63) is 66.2 Å². The van der Waals surface area contributed by atoms with Crippen molar-refractivity contribution in [1.29, 1.82) is 0 Å².